The molecule has 0 fully saturated rings. The zero-order valence-electron chi connectivity index (χ0n) is 14.9. The van der Waals surface area contributed by atoms with E-state index in [9.17, 15) is 9.18 Å². The van der Waals surface area contributed by atoms with E-state index in [0.29, 0.717) is 10.3 Å². The fourth-order valence-corrected chi connectivity index (χ4v) is 3.18. The molecule has 0 aliphatic rings. The van der Waals surface area contributed by atoms with Gasteiger partial charge in [-0.25, -0.2) is 19.2 Å². The summed E-state index contributed by atoms with van der Waals surface area (Å²) in [6.07, 6.45) is 1.25. The number of carbonyl (C=O) groups excluding carboxylic acids is 1. The monoisotopic (exact) mass is 405 g/mol. The molecule has 2 aromatic carbocycles. The largest absolute Gasteiger partial charge is 0.499 e. The number of benzene rings is 2. The predicted molar refractivity (Wildman–Crippen MR) is 104 cm³/mol. The maximum absolute atomic E-state index is 15.0. The quantitative estimate of drug-likeness (QED) is 0.329. The molecular weight excluding hydrogens is 388 g/mol. The van der Waals surface area contributed by atoms with Gasteiger partial charge in [-0.3, -0.25) is 9.63 Å². The number of aromatic nitrogens is 1. The van der Waals surface area contributed by atoms with Gasteiger partial charge in [0.05, 0.1) is 33.4 Å². The molecule has 6 nitrogen and oxygen atoms in total. The van der Waals surface area contributed by atoms with Gasteiger partial charge < -0.3 is 10.1 Å². The summed E-state index contributed by atoms with van der Waals surface area (Å²) in [6, 6.07) is 5.93. The molecule has 0 atom stereocenters. The van der Waals surface area contributed by atoms with E-state index < -0.39 is 17.5 Å². The van der Waals surface area contributed by atoms with Crippen LogP contribution in [0.2, 0.25) is 0 Å². The molecule has 1 aromatic heterocycles. The lowest BCUT2D eigenvalue weighted by atomic mass is 10.1. The number of rotatable bonds is 8. The van der Waals surface area contributed by atoms with Crippen molar-refractivity contribution in [3.63, 3.8) is 0 Å². The Bertz CT molecular complexity index is 1020. The van der Waals surface area contributed by atoms with Gasteiger partial charge in [0.15, 0.2) is 5.82 Å². The van der Waals surface area contributed by atoms with E-state index in [1.165, 1.54) is 41.3 Å². The van der Waals surface area contributed by atoms with E-state index in [-0.39, 0.29) is 35.7 Å². The number of anilines is 2. The van der Waals surface area contributed by atoms with Gasteiger partial charge in [0.25, 0.3) is 5.91 Å². The number of hydrogen-bond acceptors (Lipinski definition) is 6. The zero-order valence-corrected chi connectivity index (χ0v) is 15.7. The summed E-state index contributed by atoms with van der Waals surface area (Å²) >= 11 is 1.18. The molecule has 0 unspecified atom stereocenters. The number of aryl methyl sites for hydroxylation is 1. The lowest BCUT2D eigenvalue weighted by Gasteiger charge is -2.14. The van der Waals surface area contributed by atoms with Crippen LogP contribution in [0, 0.1) is 18.6 Å². The molecule has 1 heterocycles. The van der Waals surface area contributed by atoms with E-state index in [1.807, 2.05) is 0 Å². The number of hydrogen-bond donors (Lipinski definition) is 2. The first kappa shape index (κ1) is 19.7. The van der Waals surface area contributed by atoms with Gasteiger partial charge in [-0.05, 0) is 30.7 Å². The number of halogens is 2. The third-order valence-corrected chi connectivity index (χ3v) is 4.56. The highest BCUT2D eigenvalue weighted by molar-refractivity contribution is 7.16. The molecule has 1 amide bonds. The summed E-state index contributed by atoms with van der Waals surface area (Å²) in [5, 5.41) is 2.67. The number of amides is 1. The van der Waals surface area contributed by atoms with Crippen LogP contribution in [-0.4, -0.2) is 24.1 Å². The molecule has 0 aliphatic carbocycles. The van der Waals surface area contributed by atoms with E-state index in [2.05, 4.69) is 22.4 Å². The average Bonchev–Trinajstić information content (AvgIpc) is 3.14. The number of fused-ring (bicyclic) bond motifs is 1. The van der Waals surface area contributed by atoms with E-state index >= 15 is 4.39 Å². The van der Waals surface area contributed by atoms with Crippen LogP contribution in [0.15, 0.2) is 42.6 Å². The standard InChI is InChI=1S/C19H17F2N3O3S/c1-3-26-6-7-27-24-19(25)12-9-15-18(22-10-28-15)16(21)17(12)23-14-5-4-11(2)8-13(14)20/h3-5,8-10,23H,1,6-7H2,2H3,(H,24,25). The maximum Gasteiger partial charge on any atom is 0.277 e. The normalized spacial score (nSPS) is 10.7. The Labute approximate surface area is 163 Å². The minimum Gasteiger partial charge on any atom is -0.499 e. The van der Waals surface area contributed by atoms with Crippen LogP contribution >= 0.6 is 11.3 Å². The van der Waals surface area contributed by atoms with Gasteiger partial charge in [-0.1, -0.05) is 12.6 Å². The minimum absolute atomic E-state index is 0.0356. The van der Waals surface area contributed by atoms with Crippen LogP contribution in [0.3, 0.4) is 0 Å². The number of ether oxygens (including phenoxy) is 1. The molecule has 0 bridgehead atoms. The Kier molecular flexibility index (Phi) is 6.17. The van der Waals surface area contributed by atoms with Gasteiger partial charge in [0.2, 0.25) is 0 Å². The lowest BCUT2D eigenvalue weighted by molar-refractivity contribution is 0.0145. The van der Waals surface area contributed by atoms with Crippen LogP contribution in [0.4, 0.5) is 20.2 Å². The van der Waals surface area contributed by atoms with Crippen molar-refractivity contribution in [1.82, 2.24) is 10.5 Å². The third-order valence-electron chi connectivity index (χ3n) is 3.78. The molecule has 3 rings (SSSR count). The van der Waals surface area contributed by atoms with Gasteiger partial charge in [0.1, 0.15) is 24.5 Å². The number of nitrogens with one attached hydrogen (secondary N) is 2. The zero-order chi connectivity index (χ0) is 20.1. The van der Waals surface area contributed by atoms with Crippen LogP contribution in [0.25, 0.3) is 10.2 Å². The molecule has 3 aromatic rings. The van der Waals surface area contributed by atoms with Crippen molar-refractivity contribution < 1.29 is 23.1 Å². The fraction of sp³-hybridized carbons (Fsp3) is 0.158. The highest BCUT2D eigenvalue weighted by Crippen LogP contribution is 2.33. The number of nitrogens with zero attached hydrogens (tertiary/aromatic N) is 1. The Morgan fingerprint density at radius 3 is 2.89 bits per heavy atom. The SMILES string of the molecule is C=COCCONC(=O)c1cc2scnc2c(F)c1Nc1ccc(C)cc1F. The van der Waals surface area contributed by atoms with Gasteiger partial charge >= 0.3 is 0 Å². The number of hydroxylamine groups is 1. The Hall–Kier alpha value is -3.04. The van der Waals surface area contributed by atoms with Crippen molar-refractivity contribution in [2.24, 2.45) is 0 Å². The van der Waals surface area contributed by atoms with E-state index in [4.69, 9.17) is 9.57 Å². The molecule has 0 saturated carbocycles. The van der Waals surface area contributed by atoms with Crippen molar-refractivity contribution in [1.29, 1.82) is 0 Å². The summed E-state index contributed by atoms with van der Waals surface area (Å²) in [6.45, 7) is 5.38. The molecule has 0 aliphatic heterocycles. The Morgan fingerprint density at radius 2 is 2.14 bits per heavy atom. The minimum atomic E-state index is -0.751. The average molecular weight is 405 g/mol. The number of thiazole rings is 1. The summed E-state index contributed by atoms with van der Waals surface area (Å²) < 4.78 is 34.6. The summed E-state index contributed by atoms with van der Waals surface area (Å²) in [5.41, 5.74) is 4.30. The topological polar surface area (TPSA) is 72.5 Å². The van der Waals surface area contributed by atoms with Gasteiger partial charge in [-0.15, -0.1) is 11.3 Å². The van der Waals surface area contributed by atoms with Gasteiger partial charge in [-0.2, -0.15) is 0 Å². The van der Waals surface area contributed by atoms with Crippen LogP contribution < -0.4 is 10.8 Å². The summed E-state index contributed by atoms with van der Waals surface area (Å²) in [4.78, 5) is 21.5. The molecule has 28 heavy (non-hydrogen) atoms. The first-order chi connectivity index (χ1) is 13.5. The third kappa shape index (κ3) is 4.26. The summed E-state index contributed by atoms with van der Waals surface area (Å²) in [5.74, 6) is -2.01. The second-order valence-electron chi connectivity index (χ2n) is 5.74. The molecule has 2 N–H and O–H groups in total. The first-order valence-corrected chi connectivity index (χ1v) is 9.12. The van der Waals surface area contributed by atoms with Crippen LogP contribution in [-0.2, 0) is 9.57 Å². The van der Waals surface area contributed by atoms with Crippen LogP contribution in [0.1, 0.15) is 15.9 Å². The molecule has 146 valence electrons. The smallest absolute Gasteiger partial charge is 0.277 e. The van der Waals surface area contributed by atoms with Crippen molar-refractivity contribution >= 4 is 38.8 Å². The van der Waals surface area contributed by atoms with Crippen molar-refractivity contribution in [3.8, 4) is 0 Å². The Morgan fingerprint density at radius 1 is 1.32 bits per heavy atom. The Balaban J connectivity index is 1.92. The molecule has 0 radical (unpaired) electrons. The molecule has 9 heteroatoms. The van der Waals surface area contributed by atoms with Gasteiger partial charge in [0, 0.05) is 0 Å². The highest BCUT2D eigenvalue weighted by Gasteiger charge is 2.21. The predicted octanol–water partition coefficient (Wildman–Crippen LogP) is 4.45. The van der Waals surface area contributed by atoms with Crippen molar-refractivity contribution in [2.45, 2.75) is 6.92 Å². The van der Waals surface area contributed by atoms with Crippen molar-refractivity contribution in [3.05, 3.63) is 65.4 Å². The molecule has 0 saturated heterocycles. The first-order valence-electron chi connectivity index (χ1n) is 8.24. The molecule has 0 spiro atoms. The van der Waals surface area contributed by atoms with E-state index in [1.54, 1.807) is 13.0 Å². The summed E-state index contributed by atoms with van der Waals surface area (Å²) in [7, 11) is 0. The van der Waals surface area contributed by atoms with Crippen molar-refractivity contribution in [2.75, 3.05) is 18.5 Å². The van der Waals surface area contributed by atoms with Crippen LogP contribution in [0.5, 0.6) is 0 Å². The fourth-order valence-electron chi connectivity index (χ4n) is 2.46. The maximum atomic E-state index is 15.0. The highest BCUT2D eigenvalue weighted by atomic mass is 32.1. The second-order valence-corrected chi connectivity index (χ2v) is 6.62. The lowest BCUT2D eigenvalue weighted by Crippen LogP contribution is -2.26. The number of carbonyl (C=O) groups is 1. The van der Waals surface area contributed by atoms with E-state index in [0.717, 1.165) is 0 Å². The molecular formula is C19H17F2N3O3S. The second kappa shape index (κ2) is 8.77.